The first kappa shape index (κ1) is 15.1. The Morgan fingerprint density at radius 2 is 2.10 bits per heavy atom. The highest BCUT2D eigenvalue weighted by Gasteiger charge is 2.19. The van der Waals surface area contributed by atoms with Crippen molar-refractivity contribution in [3.05, 3.63) is 53.2 Å². The Bertz CT molecular complexity index is 693. The molecule has 0 saturated heterocycles. The molecule has 0 N–H and O–H groups in total. The van der Waals surface area contributed by atoms with Gasteiger partial charge in [-0.3, -0.25) is 0 Å². The number of carbonyl (C=O) groups excluding carboxylic acids is 1. The summed E-state index contributed by atoms with van der Waals surface area (Å²) >= 11 is 1.36. The summed E-state index contributed by atoms with van der Waals surface area (Å²) in [5, 5.41) is 9.89. The number of nitriles is 1. The van der Waals surface area contributed by atoms with Crippen LogP contribution >= 0.6 is 11.8 Å². The van der Waals surface area contributed by atoms with E-state index in [1.807, 2.05) is 30.3 Å². The second-order valence-corrected chi connectivity index (χ2v) is 5.30. The zero-order valence-corrected chi connectivity index (χ0v) is 12.6. The number of rotatable bonds is 4. The van der Waals surface area contributed by atoms with Crippen LogP contribution in [-0.2, 0) is 4.74 Å². The number of carbonyl (C=O) groups is 1. The highest BCUT2D eigenvalue weighted by atomic mass is 32.2. The molecule has 2 rings (SSSR count). The van der Waals surface area contributed by atoms with Crippen molar-refractivity contribution in [1.29, 1.82) is 5.26 Å². The Labute approximate surface area is 127 Å². The predicted molar refractivity (Wildman–Crippen MR) is 80.2 cm³/mol. The van der Waals surface area contributed by atoms with Crippen LogP contribution in [0.3, 0.4) is 0 Å². The molecule has 0 unspecified atom stereocenters. The van der Waals surface area contributed by atoms with E-state index in [-0.39, 0.29) is 17.7 Å². The SMILES string of the molecule is CCOC(=O)c1cc(C)nc(Sc2ccccc2)c1C#N. The number of ether oxygens (including phenoxy) is 1. The van der Waals surface area contributed by atoms with Crippen molar-refractivity contribution in [3.8, 4) is 6.07 Å². The smallest absolute Gasteiger partial charge is 0.339 e. The third-order valence-corrected chi connectivity index (χ3v) is 3.68. The van der Waals surface area contributed by atoms with Gasteiger partial charge in [0.15, 0.2) is 0 Å². The second kappa shape index (κ2) is 6.91. The fourth-order valence-corrected chi connectivity index (χ4v) is 2.76. The summed E-state index contributed by atoms with van der Waals surface area (Å²) < 4.78 is 5.00. The van der Waals surface area contributed by atoms with E-state index in [4.69, 9.17) is 4.74 Å². The molecular weight excluding hydrogens is 284 g/mol. The van der Waals surface area contributed by atoms with Gasteiger partial charge in [0.25, 0.3) is 0 Å². The van der Waals surface area contributed by atoms with E-state index in [2.05, 4.69) is 11.1 Å². The summed E-state index contributed by atoms with van der Waals surface area (Å²) in [7, 11) is 0. The lowest BCUT2D eigenvalue weighted by atomic mass is 10.1. The van der Waals surface area contributed by atoms with Crippen molar-refractivity contribution in [1.82, 2.24) is 4.98 Å². The van der Waals surface area contributed by atoms with Crippen LogP contribution in [0.2, 0.25) is 0 Å². The molecule has 2 aromatic rings. The van der Waals surface area contributed by atoms with E-state index < -0.39 is 5.97 Å². The molecule has 0 amide bonds. The molecular formula is C16H14N2O2S. The number of hydrogen-bond donors (Lipinski definition) is 0. The van der Waals surface area contributed by atoms with Crippen LogP contribution in [-0.4, -0.2) is 17.6 Å². The maximum Gasteiger partial charge on any atom is 0.339 e. The largest absolute Gasteiger partial charge is 0.462 e. The fourth-order valence-electron chi connectivity index (χ4n) is 1.80. The van der Waals surface area contributed by atoms with Crippen LogP contribution in [0.15, 0.2) is 46.3 Å². The number of esters is 1. The lowest BCUT2D eigenvalue weighted by Gasteiger charge is -2.09. The van der Waals surface area contributed by atoms with Crippen molar-refractivity contribution in [2.75, 3.05) is 6.61 Å². The first-order chi connectivity index (χ1) is 10.2. The van der Waals surface area contributed by atoms with Crippen LogP contribution in [0, 0.1) is 18.3 Å². The van der Waals surface area contributed by atoms with Gasteiger partial charge in [0, 0.05) is 10.6 Å². The number of aromatic nitrogens is 1. The Kier molecular flexibility index (Phi) is 4.96. The Morgan fingerprint density at radius 3 is 2.71 bits per heavy atom. The van der Waals surface area contributed by atoms with Gasteiger partial charge in [0.1, 0.15) is 11.1 Å². The Morgan fingerprint density at radius 1 is 1.38 bits per heavy atom. The normalized spacial score (nSPS) is 9.95. The van der Waals surface area contributed by atoms with Gasteiger partial charge in [-0.1, -0.05) is 30.0 Å². The van der Waals surface area contributed by atoms with E-state index >= 15 is 0 Å². The lowest BCUT2D eigenvalue weighted by molar-refractivity contribution is 0.0525. The van der Waals surface area contributed by atoms with Crippen LogP contribution in [0.1, 0.15) is 28.5 Å². The molecule has 0 saturated carbocycles. The molecule has 0 aliphatic carbocycles. The van der Waals surface area contributed by atoms with Gasteiger partial charge >= 0.3 is 5.97 Å². The highest BCUT2D eigenvalue weighted by Crippen LogP contribution is 2.30. The molecule has 1 aromatic carbocycles. The summed E-state index contributed by atoms with van der Waals surface area (Å²) in [6.07, 6.45) is 0. The summed E-state index contributed by atoms with van der Waals surface area (Å²) in [6.45, 7) is 3.79. The number of pyridine rings is 1. The zero-order valence-electron chi connectivity index (χ0n) is 11.8. The summed E-state index contributed by atoms with van der Waals surface area (Å²) in [4.78, 5) is 17.3. The molecule has 0 fully saturated rings. The van der Waals surface area contributed by atoms with E-state index in [9.17, 15) is 10.1 Å². The molecule has 4 nitrogen and oxygen atoms in total. The number of aryl methyl sites for hydroxylation is 1. The summed E-state index contributed by atoms with van der Waals surface area (Å²) in [5.41, 5.74) is 1.20. The molecule has 1 aromatic heterocycles. The van der Waals surface area contributed by atoms with Crippen LogP contribution in [0.5, 0.6) is 0 Å². The van der Waals surface area contributed by atoms with Crippen molar-refractivity contribution >= 4 is 17.7 Å². The lowest BCUT2D eigenvalue weighted by Crippen LogP contribution is -2.09. The average molecular weight is 298 g/mol. The van der Waals surface area contributed by atoms with Gasteiger partial charge in [0.05, 0.1) is 17.7 Å². The molecule has 106 valence electrons. The van der Waals surface area contributed by atoms with Crippen molar-refractivity contribution < 1.29 is 9.53 Å². The minimum Gasteiger partial charge on any atom is -0.462 e. The molecule has 0 aliphatic rings. The molecule has 0 aliphatic heterocycles. The van der Waals surface area contributed by atoms with Gasteiger partial charge < -0.3 is 4.74 Å². The second-order valence-electron chi connectivity index (χ2n) is 4.24. The van der Waals surface area contributed by atoms with Crippen LogP contribution in [0.4, 0.5) is 0 Å². The Balaban J connectivity index is 2.46. The Hall–Kier alpha value is -2.32. The monoisotopic (exact) mass is 298 g/mol. The third-order valence-electron chi connectivity index (χ3n) is 2.68. The summed E-state index contributed by atoms with van der Waals surface area (Å²) in [6, 6.07) is 13.3. The standard InChI is InChI=1S/C16H14N2O2S/c1-3-20-16(19)13-9-11(2)18-15(14(13)10-17)21-12-7-5-4-6-8-12/h4-9H,3H2,1-2H3. The maximum absolute atomic E-state index is 12.0. The molecule has 0 bridgehead atoms. The molecule has 0 radical (unpaired) electrons. The van der Waals surface area contributed by atoms with E-state index in [1.54, 1.807) is 19.9 Å². The minimum absolute atomic E-state index is 0.257. The van der Waals surface area contributed by atoms with Gasteiger partial charge in [-0.05, 0) is 32.0 Å². The highest BCUT2D eigenvalue weighted by molar-refractivity contribution is 7.99. The van der Waals surface area contributed by atoms with Gasteiger partial charge in [-0.15, -0.1) is 0 Å². The quantitative estimate of drug-likeness (QED) is 0.807. The minimum atomic E-state index is -0.491. The molecule has 21 heavy (non-hydrogen) atoms. The first-order valence-corrected chi connectivity index (χ1v) is 7.29. The predicted octanol–water partition coefficient (Wildman–Crippen LogP) is 3.59. The summed E-state index contributed by atoms with van der Waals surface area (Å²) in [5.74, 6) is -0.491. The van der Waals surface area contributed by atoms with Crippen LogP contribution in [0.25, 0.3) is 0 Å². The maximum atomic E-state index is 12.0. The number of hydrogen-bond acceptors (Lipinski definition) is 5. The fraction of sp³-hybridized carbons (Fsp3) is 0.188. The average Bonchev–Trinajstić information content (AvgIpc) is 2.48. The van der Waals surface area contributed by atoms with Crippen molar-refractivity contribution in [2.24, 2.45) is 0 Å². The van der Waals surface area contributed by atoms with Gasteiger partial charge in [-0.25, -0.2) is 9.78 Å². The third kappa shape index (κ3) is 3.61. The zero-order chi connectivity index (χ0) is 15.2. The van der Waals surface area contributed by atoms with Gasteiger partial charge in [0.2, 0.25) is 0 Å². The van der Waals surface area contributed by atoms with E-state index in [1.165, 1.54) is 11.8 Å². The van der Waals surface area contributed by atoms with E-state index in [0.717, 1.165) is 4.90 Å². The van der Waals surface area contributed by atoms with Crippen LogP contribution < -0.4 is 0 Å². The molecule has 0 spiro atoms. The molecule has 5 heteroatoms. The topological polar surface area (TPSA) is 63.0 Å². The number of benzene rings is 1. The molecule has 1 heterocycles. The number of nitrogens with zero attached hydrogens (tertiary/aromatic N) is 2. The van der Waals surface area contributed by atoms with Gasteiger partial charge in [-0.2, -0.15) is 5.26 Å². The van der Waals surface area contributed by atoms with Crippen molar-refractivity contribution in [3.63, 3.8) is 0 Å². The van der Waals surface area contributed by atoms with Crippen molar-refractivity contribution in [2.45, 2.75) is 23.8 Å². The van der Waals surface area contributed by atoms with E-state index in [0.29, 0.717) is 10.7 Å². The first-order valence-electron chi connectivity index (χ1n) is 6.47. The molecule has 0 atom stereocenters.